The Hall–Kier alpha value is -0.320. The van der Waals surface area contributed by atoms with Crippen LogP contribution in [0.25, 0.3) is 0 Å². The molecule has 1 aliphatic carbocycles. The smallest absolute Gasteiger partial charge is 0.240 e. The molecule has 20 heavy (non-hydrogen) atoms. The largest absolute Gasteiger partial charge is 0.378 e. The fourth-order valence-electron chi connectivity index (χ4n) is 2.75. The number of rotatable bonds is 4. The van der Waals surface area contributed by atoms with Crippen molar-refractivity contribution in [3.05, 3.63) is 0 Å². The summed E-state index contributed by atoms with van der Waals surface area (Å²) in [5.74, 6) is 0.0283. The molecule has 4 nitrogen and oxygen atoms in total. The van der Waals surface area contributed by atoms with Crippen LogP contribution in [0.2, 0.25) is 0 Å². The Morgan fingerprint density at radius 3 is 2.30 bits per heavy atom. The first-order valence-corrected chi connectivity index (χ1v) is 7.17. The van der Waals surface area contributed by atoms with Gasteiger partial charge >= 0.3 is 0 Å². The van der Waals surface area contributed by atoms with Crippen LogP contribution < -0.4 is 5.73 Å². The monoisotopic (exact) mass is 306 g/mol. The van der Waals surface area contributed by atoms with Crippen molar-refractivity contribution in [3.8, 4) is 0 Å². The molecule has 2 unspecified atom stereocenters. The van der Waals surface area contributed by atoms with E-state index in [0.717, 1.165) is 13.0 Å². The molecular weight excluding hydrogens is 276 g/mol. The van der Waals surface area contributed by atoms with Crippen molar-refractivity contribution in [2.75, 3.05) is 13.7 Å². The second-order valence-electron chi connectivity index (χ2n) is 7.31. The van der Waals surface area contributed by atoms with Crippen molar-refractivity contribution in [2.24, 2.45) is 16.6 Å². The van der Waals surface area contributed by atoms with Gasteiger partial charge in [0.25, 0.3) is 0 Å². The minimum atomic E-state index is -0.459. The topological polar surface area (TPSA) is 55.6 Å². The highest BCUT2D eigenvalue weighted by atomic mass is 35.5. The van der Waals surface area contributed by atoms with Gasteiger partial charge in [-0.15, -0.1) is 12.4 Å². The van der Waals surface area contributed by atoms with E-state index >= 15 is 0 Å². The van der Waals surface area contributed by atoms with Crippen LogP contribution in [-0.2, 0) is 9.53 Å². The Kier molecular flexibility index (Phi) is 6.52. The SMILES string of the molecule is CCOC1CC(N(C)C(=O)[C@@H](N)C(C)(C)C)C1(C)C.Cl. The number of hydrogen-bond acceptors (Lipinski definition) is 3. The van der Waals surface area contributed by atoms with Crippen LogP contribution in [0.4, 0.5) is 0 Å². The van der Waals surface area contributed by atoms with Gasteiger partial charge in [-0.2, -0.15) is 0 Å². The van der Waals surface area contributed by atoms with Gasteiger partial charge in [0.1, 0.15) is 0 Å². The Bertz CT molecular complexity index is 339. The summed E-state index contributed by atoms with van der Waals surface area (Å²) in [6.07, 6.45) is 1.14. The van der Waals surface area contributed by atoms with Gasteiger partial charge in [-0.3, -0.25) is 4.79 Å². The molecule has 0 aromatic heterocycles. The molecule has 0 bridgehead atoms. The number of likely N-dealkylation sites (N-methyl/N-ethyl adjacent to an activating group) is 1. The molecule has 2 N–H and O–H groups in total. The van der Waals surface area contributed by atoms with E-state index in [4.69, 9.17) is 10.5 Å². The molecule has 0 aromatic carbocycles. The Morgan fingerprint density at radius 1 is 1.45 bits per heavy atom. The van der Waals surface area contributed by atoms with Crippen LogP contribution in [-0.4, -0.2) is 42.6 Å². The number of halogens is 1. The molecule has 0 aliphatic heterocycles. The molecule has 1 rings (SSSR count). The van der Waals surface area contributed by atoms with Gasteiger partial charge in [0.15, 0.2) is 0 Å². The van der Waals surface area contributed by atoms with Gasteiger partial charge in [-0.25, -0.2) is 0 Å². The van der Waals surface area contributed by atoms with E-state index in [1.165, 1.54) is 0 Å². The Balaban J connectivity index is 0.00000361. The molecule has 1 amide bonds. The van der Waals surface area contributed by atoms with E-state index < -0.39 is 6.04 Å². The lowest BCUT2D eigenvalue weighted by molar-refractivity contribution is -0.165. The number of amides is 1. The first-order valence-electron chi connectivity index (χ1n) is 7.17. The summed E-state index contributed by atoms with van der Waals surface area (Å²) in [5, 5.41) is 0. The summed E-state index contributed by atoms with van der Waals surface area (Å²) in [6, 6.07) is -0.246. The Labute approximate surface area is 129 Å². The van der Waals surface area contributed by atoms with Gasteiger partial charge in [0, 0.05) is 25.1 Å². The van der Waals surface area contributed by atoms with Gasteiger partial charge in [-0.1, -0.05) is 34.6 Å². The average Bonchev–Trinajstić information content (AvgIpc) is 2.30. The van der Waals surface area contributed by atoms with E-state index in [9.17, 15) is 4.79 Å². The fraction of sp³-hybridized carbons (Fsp3) is 0.933. The van der Waals surface area contributed by atoms with E-state index in [-0.39, 0.29) is 41.3 Å². The van der Waals surface area contributed by atoms with Gasteiger partial charge in [0.05, 0.1) is 12.1 Å². The van der Waals surface area contributed by atoms with Crippen molar-refractivity contribution in [2.45, 2.75) is 66.2 Å². The third-order valence-electron chi connectivity index (χ3n) is 4.51. The van der Waals surface area contributed by atoms with Crippen molar-refractivity contribution in [3.63, 3.8) is 0 Å². The third kappa shape index (κ3) is 3.66. The molecule has 0 heterocycles. The highest BCUT2D eigenvalue weighted by Gasteiger charge is 2.52. The first-order chi connectivity index (χ1) is 8.53. The molecule has 0 aromatic rings. The number of nitrogens with zero attached hydrogens (tertiary/aromatic N) is 1. The zero-order chi connectivity index (χ0) is 15.0. The lowest BCUT2D eigenvalue weighted by Crippen LogP contribution is -2.64. The number of ether oxygens (including phenoxy) is 1. The van der Waals surface area contributed by atoms with E-state index in [1.807, 2.05) is 39.6 Å². The summed E-state index contributed by atoms with van der Waals surface area (Å²) in [6.45, 7) is 13.0. The van der Waals surface area contributed by atoms with Crippen LogP contribution >= 0.6 is 12.4 Å². The lowest BCUT2D eigenvalue weighted by atomic mass is 9.63. The predicted octanol–water partition coefficient (Wildman–Crippen LogP) is 2.44. The molecule has 1 saturated carbocycles. The van der Waals surface area contributed by atoms with Crippen LogP contribution in [0.15, 0.2) is 0 Å². The fourth-order valence-corrected chi connectivity index (χ4v) is 2.75. The maximum atomic E-state index is 12.4. The molecule has 0 spiro atoms. The van der Waals surface area contributed by atoms with Crippen LogP contribution in [0, 0.1) is 10.8 Å². The molecular formula is C15H31ClN2O2. The number of hydrogen-bond donors (Lipinski definition) is 1. The van der Waals surface area contributed by atoms with E-state index in [1.54, 1.807) is 0 Å². The molecule has 0 saturated heterocycles. The summed E-state index contributed by atoms with van der Waals surface area (Å²) in [4.78, 5) is 14.3. The maximum Gasteiger partial charge on any atom is 0.240 e. The quantitative estimate of drug-likeness (QED) is 0.868. The van der Waals surface area contributed by atoms with Gasteiger partial charge in [0.2, 0.25) is 5.91 Å². The Morgan fingerprint density at radius 2 is 1.95 bits per heavy atom. The molecule has 1 fully saturated rings. The summed E-state index contributed by atoms with van der Waals surface area (Å²) in [5.41, 5.74) is 5.86. The second-order valence-corrected chi connectivity index (χ2v) is 7.31. The van der Waals surface area contributed by atoms with Crippen LogP contribution in [0.3, 0.4) is 0 Å². The van der Waals surface area contributed by atoms with Crippen LogP contribution in [0.5, 0.6) is 0 Å². The zero-order valence-corrected chi connectivity index (χ0v) is 14.7. The van der Waals surface area contributed by atoms with Crippen molar-refractivity contribution in [1.82, 2.24) is 4.90 Å². The summed E-state index contributed by atoms with van der Waals surface area (Å²) < 4.78 is 5.71. The highest BCUT2D eigenvalue weighted by Crippen LogP contribution is 2.45. The van der Waals surface area contributed by atoms with E-state index in [2.05, 4.69) is 13.8 Å². The minimum absolute atomic E-state index is 0. The third-order valence-corrected chi connectivity index (χ3v) is 4.51. The minimum Gasteiger partial charge on any atom is -0.378 e. The lowest BCUT2D eigenvalue weighted by Gasteiger charge is -2.55. The number of nitrogens with two attached hydrogens (primary N) is 1. The number of carbonyl (C=O) groups excluding carboxylic acids is 1. The van der Waals surface area contributed by atoms with E-state index in [0.29, 0.717) is 0 Å². The zero-order valence-electron chi connectivity index (χ0n) is 13.9. The predicted molar refractivity (Wildman–Crippen MR) is 85.0 cm³/mol. The molecule has 5 heteroatoms. The van der Waals surface area contributed by atoms with Gasteiger partial charge < -0.3 is 15.4 Å². The average molecular weight is 307 g/mol. The van der Waals surface area contributed by atoms with Crippen LogP contribution in [0.1, 0.15) is 48.0 Å². The summed E-state index contributed by atoms with van der Waals surface area (Å²) >= 11 is 0. The summed E-state index contributed by atoms with van der Waals surface area (Å²) in [7, 11) is 1.86. The van der Waals surface area contributed by atoms with Gasteiger partial charge in [-0.05, 0) is 18.8 Å². The normalized spacial score (nSPS) is 26.2. The number of carbonyl (C=O) groups is 1. The van der Waals surface area contributed by atoms with Crippen molar-refractivity contribution < 1.29 is 9.53 Å². The highest BCUT2D eigenvalue weighted by molar-refractivity contribution is 5.85. The van der Waals surface area contributed by atoms with Crippen molar-refractivity contribution in [1.29, 1.82) is 0 Å². The first kappa shape index (κ1) is 19.7. The molecule has 1 aliphatic rings. The van der Waals surface area contributed by atoms with Crippen molar-refractivity contribution >= 4 is 18.3 Å². The second kappa shape index (κ2) is 6.63. The molecule has 3 atom stereocenters. The standard InChI is InChI=1S/C15H30N2O2.ClH/c1-8-19-11-9-10(15(11,5)6)17(7)13(18)12(16)14(2,3)4;/h10-12H,8-9,16H2,1-7H3;1H/t10?,11?,12-;/m1./s1. The molecule has 0 radical (unpaired) electrons. The molecule has 120 valence electrons. The maximum absolute atomic E-state index is 12.4.